The van der Waals surface area contributed by atoms with E-state index in [0.29, 0.717) is 5.82 Å². The summed E-state index contributed by atoms with van der Waals surface area (Å²) < 4.78 is 4.00. The smallest absolute Gasteiger partial charge is 0.151 e. The van der Waals surface area contributed by atoms with Gasteiger partial charge in [-0.05, 0) is 74.9 Å². The van der Waals surface area contributed by atoms with Gasteiger partial charge in [-0.2, -0.15) is 10.2 Å². The molecule has 0 saturated carbocycles. The number of rotatable bonds is 9. The lowest BCUT2D eigenvalue weighted by molar-refractivity contribution is 0.141. The van der Waals surface area contributed by atoms with Gasteiger partial charge in [0, 0.05) is 28.9 Å². The number of hydrogen-bond donors (Lipinski definition) is 1. The monoisotopic (exact) mass is 507 g/mol. The van der Waals surface area contributed by atoms with Crippen molar-refractivity contribution in [3.8, 4) is 11.1 Å². The van der Waals surface area contributed by atoms with Crippen LogP contribution in [0.25, 0.3) is 27.5 Å². The van der Waals surface area contributed by atoms with Crippen LogP contribution in [0.2, 0.25) is 0 Å². The molecule has 38 heavy (non-hydrogen) atoms. The average molecular weight is 508 g/mol. The van der Waals surface area contributed by atoms with Crippen LogP contribution < -0.4 is 5.73 Å². The number of nitrogens with two attached hydrogens (primary N) is 1. The van der Waals surface area contributed by atoms with Gasteiger partial charge in [-0.1, -0.05) is 55.8 Å². The SMILES string of the molecule is CCC1CCCCN1CCCCc1cc(-c2ccc3cn(Cc4ccccc4)nc3c2)c2c(N)ncnn12. The maximum atomic E-state index is 6.39. The largest absolute Gasteiger partial charge is 0.382 e. The molecule has 1 aliphatic heterocycles. The zero-order chi connectivity index (χ0) is 25.9. The molecule has 0 radical (unpaired) electrons. The van der Waals surface area contributed by atoms with E-state index in [1.54, 1.807) is 6.33 Å². The van der Waals surface area contributed by atoms with Crippen molar-refractivity contribution in [2.24, 2.45) is 0 Å². The number of fused-ring (bicyclic) bond motifs is 2. The molecule has 6 rings (SSSR count). The van der Waals surface area contributed by atoms with Crippen molar-refractivity contribution in [2.45, 2.75) is 64.5 Å². The Kier molecular flexibility index (Phi) is 7.10. The molecule has 0 bridgehead atoms. The third-order valence-electron chi connectivity index (χ3n) is 8.06. The molecule has 0 spiro atoms. The number of anilines is 1. The van der Waals surface area contributed by atoms with Crippen molar-refractivity contribution in [2.75, 3.05) is 18.8 Å². The molecule has 7 heteroatoms. The minimum absolute atomic E-state index is 0.509. The Balaban J connectivity index is 1.23. The second-order valence-electron chi connectivity index (χ2n) is 10.6. The number of aryl methyl sites for hydroxylation is 1. The van der Waals surface area contributed by atoms with E-state index in [1.165, 1.54) is 56.5 Å². The lowest BCUT2D eigenvalue weighted by Crippen LogP contribution is -2.39. The van der Waals surface area contributed by atoms with Crippen LogP contribution in [0, 0.1) is 0 Å². The van der Waals surface area contributed by atoms with Crippen molar-refractivity contribution >= 4 is 22.2 Å². The van der Waals surface area contributed by atoms with E-state index >= 15 is 0 Å². The quantitative estimate of drug-likeness (QED) is 0.249. The minimum atomic E-state index is 0.509. The predicted octanol–water partition coefficient (Wildman–Crippen LogP) is 5.96. The molecule has 0 amide bonds. The summed E-state index contributed by atoms with van der Waals surface area (Å²) in [4.78, 5) is 7.02. The molecule has 1 unspecified atom stereocenters. The summed E-state index contributed by atoms with van der Waals surface area (Å²) in [6.45, 7) is 5.52. The Hall–Kier alpha value is -3.71. The number of unbranched alkanes of at least 4 members (excludes halogenated alkanes) is 1. The molecule has 4 heterocycles. The summed E-state index contributed by atoms with van der Waals surface area (Å²) in [6, 6.07) is 19.9. The normalized spacial score (nSPS) is 16.5. The zero-order valence-electron chi connectivity index (χ0n) is 22.3. The Morgan fingerprint density at radius 1 is 1.03 bits per heavy atom. The fraction of sp³-hybridized carbons (Fsp3) is 0.387. The van der Waals surface area contributed by atoms with Gasteiger partial charge in [0.05, 0.1) is 12.1 Å². The molecule has 1 fully saturated rings. The van der Waals surface area contributed by atoms with Gasteiger partial charge in [0.15, 0.2) is 5.82 Å². The fourth-order valence-corrected chi connectivity index (χ4v) is 6.06. The van der Waals surface area contributed by atoms with Gasteiger partial charge in [-0.3, -0.25) is 4.68 Å². The Morgan fingerprint density at radius 3 is 2.79 bits per heavy atom. The highest BCUT2D eigenvalue weighted by Gasteiger charge is 2.20. The van der Waals surface area contributed by atoms with Gasteiger partial charge in [-0.25, -0.2) is 9.50 Å². The zero-order valence-corrected chi connectivity index (χ0v) is 22.3. The molecule has 0 aliphatic carbocycles. The van der Waals surface area contributed by atoms with Crippen LogP contribution >= 0.6 is 0 Å². The highest BCUT2D eigenvalue weighted by molar-refractivity contribution is 5.92. The van der Waals surface area contributed by atoms with Crippen LogP contribution in [0.15, 0.2) is 67.1 Å². The molecule has 196 valence electrons. The van der Waals surface area contributed by atoms with Crippen LogP contribution in [0.1, 0.15) is 56.7 Å². The number of hydrogen-bond acceptors (Lipinski definition) is 5. The minimum Gasteiger partial charge on any atom is -0.382 e. The van der Waals surface area contributed by atoms with Crippen LogP contribution in [0.4, 0.5) is 5.82 Å². The Morgan fingerprint density at radius 2 is 1.92 bits per heavy atom. The molecule has 1 aliphatic rings. The first-order chi connectivity index (χ1) is 18.7. The highest BCUT2D eigenvalue weighted by atomic mass is 15.3. The summed E-state index contributed by atoms with van der Waals surface area (Å²) in [5.74, 6) is 0.509. The summed E-state index contributed by atoms with van der Waals surface area (Å²) in [5.41, 5.74) is 12.8. The Bertz CT molecular complexity index is 1520. The first-order valence-electron chi connectivity index (χ1n) is 14.1. The number of piperidine rings is 1. The van der Waals surface area contributed by atoms with E-state index in [-0.39, 0.29) is 0 Å². The van der Waals surface area contributed by atoms with Gasteiger partial charge in [0.25, 0.3) is 0 Å². The second kappa shape index (κ2) is 11.0. The summed E-state index contributed by atoms with van der Waals surface area (Å²) in [7, 11) is 0. The van der Waals surface area contributed by atoms with E-state index in [1.807, 2.05) is 15.3 Å². The molecule has 7 nitrogen and oxygen atoms in total. The van der Waals surface area contributed by atoms with E-state index in [0.717, 1.165) is 53.0 Å². The number of nitrogens with zero attached hydrogens (tertiary/aromatic N) is 6. The lowest BCUT2D eigenvalue weighted by atomic mass is 9.99. The maximum absolute atomic E-state index is 6.39. The molecule has 2 aromatic carbocycles. The van der Waals surface area contributed by atoms with Gasteiger partial charge in [0.2, 0.25) is 0 Å². The van der Waals surface area contributed by atoms with Crippen molar-refractivity contribution in [1.29, 1.82) is 0 Å². The molecular weight excluding hydrogens is 470 g/mol. The predicted molar refractivity (Wildman–Crippen MR) is 154 cm³/mol. The maximum Gasteiger partial charge on any atom is 0.151 e. The molecule has 3 aromatic heterocycles. The number of likely N-dealkylation sites (tertiary alicyclic amines) is 1. The standard InChI is InChI=1S/C31H37N7/c1-2-26-12-6-8-16-36(26)17-9-7-13-27-19-28(30-31(32)33-22-34-38(27)30)24-14-15-25-21-37(35-29(25)18-24)20-23-10-4-3-5-11-23/h3-5,10-11,14-15,18-19,21-22,26H,2,6-9,12-13,16-17,20H2,1H3,(H2,32,33,34). The van der Waals surface area contributed by atoms with E-state index in [9.17, 15) is 0 Å². The summed E-state index contributed by atoms with van der Waals surface area (Å²) in [5, 5.41) is 10.6. The molecule has 5 aromatic rings. The highest BCUT2D eigenvalue weighted by Crippen LogP contribution is 2.32. The van der Waals surface area contributed by atoms with Gasteiger partial charge < -0.3 is 10.6 Å². The van der Waals surface area contributed by atoms with E-state index in [2.05, 4.69) is 76.6 Å². The summed E-state index contributed by atoms with van der Waals surface area (Å²) >= 11 is 0. The lowest BCUT2D eigenvalue weighted by Gasteiger charge is -2.35. The van der Waals surface area contributed by atoms with Crippen molar-refractivity contribution in [1.82, 2.24) is 29.3 Å². The van der Waals surface area contributed by atoms with Crippen molar-refractivity contribution < 1.29 is 0 Å². The third-order valence-corrected chi connectivity index (χ3v) is 8.06. The van der Waals surface area contributed by atoms with Gasteiger partial charge in [-0.15, -0.1) is 0 Å². The average Bonchev–Trinajstić information content (AvgIpc) is 3.53. The van der Waals surface area contributed by atoms with Gasteiger partial charge >= 0.3 is 0 Å². The number of aromatic nitrogens is 5. The molecule has 1 atom stereocenters. The van der Waals surface area contributed by atoms with Crippen LogP contribution in [0.5, 0.6) is 0 Å². The van der Waals surface area contributed by atoms with E-state index in [4.69, 9.17) is 10.8 Å². The second-order valence-corrected chi connectivity index (χ2v) is 10.6. The van der Waals surface area contributed by atoms with Crippen LogP contribution in [-0.2, 0) is 13.0 Å². The third kappa shape index (κ3) is 5.03. The number of nitrogen functional groups attached to an aromatic ring is 1. The first-order valence-corrected chi connectivity index (χ1v) is 14.1. The molecular formula is C31H37N7. The molecule has 1 saturated heterocycles. The first kappa shape index (κ1) is 24.6. The number of benzene rings is 2. The fourth-order valence-electron chi connectivity index (χ4n) is 6.06. The Labute approximate surface area is 224 Å². The summed E-state index contributed by atoms with van der Waals surface area (Å²) in [6.07, 6.45) is 12.3. The molecule has 2 N–H and O–H groups in total. The van der Waals surface area contributed by atoms with Crippen molar-refractivity contribution in [3.63, 3.8) is 0 Å². The van der Waals surface area contributed by atoms with Crippen LogP contribution in [-0.4, -0.2) is 48.4 Å². The van der Waals surface area contributed by atoms with Gasteiger partial charge in [0.1, 0.15) is 11.8 Å². The van der Waals surface area contributed by atoms with E-state index < -0.39 is 0 Å². The van der Waals surface area contributed by atoms with Crippen molar-refractivity contribution in [3.05, 3.63) is 78.4 Å². The van der Waals surface area contributed by atoms with Crippen LogP contribution in [0.3, 0.4) is 0 Å². The topological polar surface area (TPSA) is 77.3 Å².